The van der Waals surface area contributed by atoms with Crippen LogP contribution in [0.4, 0.5) is 4.39 Å². The molecule has 566 valence electrons. The van der Waals surface area contributed by atoms with E-state index < -0.39 is 211 Å². The maximum absolute atomic E-state index is 15.4. The molecule has 38 nitrogen and oxygen atoms in total. The molecule has 14 amide bonds. The fraction of sp³-hybridized carbons (Fsp3) is 0.651. The van der Waals surface area contributed by atoms with Gasteiger partial charge in [-0.15, -0.1) is 10.2 Å². The lowest BCUT2D eigenvalue weighted by Crippen LogP contribution is -2.65. The number of carboxylic acids is 1. The van der Waals surface area contributed by atoms with Gasteiger partial charge in [-0.25, -0.2) is 4.39 Å². The number of nitrogens with one attached hydrogen (secondary N) is 13. The van der Waals surface area contributed by atoms with E-state index in [9.17, 15) is 71.9 Å². The Bertz CT molecular complexity index is 3250. The number of carbonyl (C=O) groups excluding carboxylic acids is 14. The molecular weight excluding hydrogens is 1340 g/mol. The molecule has 0 bridgehead atoms. The Morgan fingerprint density at radius 1 is 0.598 bits per heavy atom. The summed E-state index contributed by atoms with van der Waals surface area (Å²) in [7, 11) is 0. The monoisotopic (exact) mass is 1440 g/mol. The number of halogens is 1. The average molecular weight is 1440 g/mol. The smallest absolute Gasteiger partial charge is 0.322 e. The van der Waals surface area contributed by atoms with Crippen molar-refractivity contribution in [2.24, 2.45) is 40.1 Å². The van der Waals surface area contributed by atoms with Gasteiger partial charge in [0.05, 0.1) is 6.54 Å². The number of aromatic amines is 1. The van der Waals surface area contributed by atoms with E-state index >= 15 is 4.39 Å². The summed E-state index contributed by atoms with van der Waals surface area (Å²) in [6.45, 7) is 12.6. The first-order chi connectivity index (χ1) is 48.0. The van der Waals surface area contributed by atoms with Crippen LogP contribution in [0.15, 0.2) is 29.4 Å². The van der Waals surface area contributed by atoms with Crippen LogP contribution >= 0.6 is 0 Å². The number of carbonyl (C=O) groups is 15. The number of nitrogens with two attached hydrogens (primary N) is 3. The van der Waals surface area contributed by atoms with Crippen molar-refractivity contribution in [1.82, 2.24) is 84.4 Å². The quantitative estimate of drug-likeness (QED) is 0.0136. The van der Waals surface area contributed by atoms with Gasteiger partial charge in [0.1, 0.15) is 72.3 Å². The van der Waals surface area contributed by atoms with E-state index in [-0.39, 0.29) is 68.9 Å². The van der Waals surface area contributed by atoms with Gasteiger partial charge in [0, 0.05) is 43.6 Å². The minimum absolute atomic E-state index is 0.0412. The molecule has 0 aliphatic carbocycles. The van der Waals surface area contributed by atoms with Gasteiger partial charge in [0.25, 0.3) is 0 Å². The number of azide groups is 1. The molecule has 102 heavy (non-hydrogen) atoms. The van der Waals surface area contributed by atoms with E-state index in [0.29, 0.717) is 25.7 Å². The third kappa shape index (κ3) is 32.7. The molecule has 0 aliphatic heterocycles. The summed E-state index contributed by atoms with van der Waals surface area (Å²) in [6.07, 6.45) is -0.699. The number of tetrazole rings is 1. The number of aromatic nitrogens is 4. The van der Waals surface area contributed by atoms with Crippen LogP contribution in [-0.2, 0) is 84.8 Å². The molecule has 20 N–H and O–H groups in total. The minimum Gasteiger partial charge on any atom is -0.480 e. The van der Waals surface area contributed by atoms with E-state index in [1.165, 1.54) is 52.8 Å². The van der Waals surface area contributed by atoms with E-state index in [2.05, 4.69) is 89.1 Å². The molecule has 0 spiro atoms. The van der Waals surface area contributed by atoms with E-state index in [1.807, 2.05) is 19.2 Å². The Morgan fingerprint density at radius 2 is 1.13 bits per heavy atom. The van der Waals surface area contributed by atoms with Gasteiger partial charge < -0.3 is 86.1 Å². The lowest BCUT2D eigenvalue weighted by atomic mass is 9.89. The summed E-state index contributed by atoms with van der Waals surface area (Å²) < 4.78 is 15.4. The standard InChI is InChI=1S/C63H101FN22O16/c1-10-35(6)52(79-58(98)41(19-13-15-27-65)77-59(99)44(29-47-82-85-86-83-47)74-48(89)26-21-33(2)3)61(101)73-36(7)53(93)75-43(23-25-46(67)88)57(97)76-40(20-14-16-28-71-84-68)56(96)72-37(8)54(94)81-63(9,30-38-17-11-12-18-39(38)64)62(102)80-51(34(4)5)60(100)78-42(22-24-45(66)87)55(95)70-31-49(90)69-32-50(91)92/h11-12,17-18,33-37,40-44,51-52H,10,13-16,19-32,65H2,1-9H3,(H2,66,87)(H2,67,88)(H,69,90)(H,70,95)(H,72,96)(H,73,101)(H,74,89)(H,75,93)(H,76,97)(H,77,99)(H,78,100)(H,79,98)(H,80,102)(H,81,94)(H,91,92)(H,82,83,85,86)/t35-,36-,37-,40-,41-,42-,43-,44-,51-,52-,63-/m0/s1. The predicted molar refractivity (Wildman–Crippen MR) is 363 cm³/mol. The molecule has 2 aromatic rings. The zero-order valence-corrected chi connectivity index (χ0v) is 59.0. The van der Waals surface area contributed by atoms with Gasteiger partial charge in [0.15, 0.2) is 5.82 Å². The Labute approximate surface area is 589 Å². The van der Waals surface area contributed by atoms with Gasteiger partial charge in [0.2, 0.25) is 82.7 Å². The number of benzene rings is 1. The molecule has 1 aromatic carbocycles. The van der Waals surface area contributed by atoms with Gasteiger partial charge in [-0.1, -0.05) is 82.9 Å². The Kier molecular flexibility index (Phi) is 38.9. The SMILES string of the molecule is CC[C@H](C)[C@H](NC(=O)[C@H](CCCCN)NC(=O)[C@H](Cc1nn[nH]n1)NC(=O)CCC(C)C)C(=O)N[C@@H](C)C(=O)N[C@@H](CCC(N)=O)C(=O)N[C@@H](CCCCN=[N+]=[N-])C(=O)N[C@@H](C)C(=O)N[C@@](C)(Cc1ccccc1F)C(=O)N[C@H](C(=O)N[C@@H](CCC(N)=O)C(=O)NCC(=O)NCC(=O)O)C(C)C. The number of unbranched alkanes of at least 4 members (excludes halogenated alkanes) is 2. The number of H-pyrrole nitrogens is 1. The fourth-order valence-corrected chi connectivity index (χ4v) is 9.82. The number of nitrogens with zero attached hydrogens (tertiary/aromatic N) is 6. The summed E-state index contributed by atoms with van der Waals surface area (Å²) >= 11 is 0. The van der Waals surface area contributed by atoms with Crippen LogP contribution in [0.25, 0.3) is 10.4 Å². The first kappa shape index (κ1) is 87.6. The van der Waals surface area contributed by atoms with Crippen LogP contribution in [0.1, 0.15) is 157 Å². The molecule has 2 rings (SSSR count). The average Bonchev–Trinajstić information content (AvgIpc) is 0.844. The molecular formula is C63H101FN22O16. The van der Waals surface area contributed by atoms with Crippen molar-refractivity contribution in [3.05, 3.63) is 51.9 Å². The molecule has 1 aromatic heterocycles. The lowest BCUT2D eigenvalue weighted by molar-refractivity contribution is -0.138. The number of primary amides is 2. The summed E-state index contributed by atoms with van der Waals surface area (Å²) in [6, 6.07) is -7.99. The summed E-state index contributed by atoms with van der Waals surface area (Å²) in [4.78, 5) is 204. The first-order valence-electron chi connectivity index (χ1n) is 33.6. The van der Waals surface area contributed by atoms with Gasteiger partial charge >= 0.3 is 5.97 Å². The summed E-state index contributed by atoms with van der Waals surface area (Å²) in [5, 5.41) is 55.8. The highest BCUT2D eigenvalue weighted by atomic mass is 19.1. The van der Waals surface area contributed by atoms with Crippen molar-refractivity contribution in [1.29, 1.82) is 0 Å². The number of hydrogen-bond acceptors (Lipinski definition) is 20. The number of carboxylic acid groups (broad SMARTS) is 1. The highest BCUT2D eigenvalue weighted by Gasteiger charge is 2.42. The second kappa shape index (κ2) is 45.3. The van der Waals surface area contributed by atoms with Gasteiger partial charge in [-0.3, -0.25) is 71.9 Å². The second-order valence-corrected chi connectivity index (χ2v) is 25.6. The van der Waals surface area contributed by atoms with Crippen molar-refractivity contribution in [3.63, 3.8) is 0 Å². The summed E-state index contributed by atoms with van der Waals surface area (Å²) in [5.74, 6) is -16.1. The Balaban J connectivity index is 2.46. The topological polar surface area (TPSA) is 602 Å². The Morgan fingerprint density at radius 3 is 1.68 bits per heavy atom. The number of aliphatic carboxylic acids is 1. The fourth-order valence-electron chi connectivity index (χ4n) is 9.82. The molecule has 11 atom stereocenters. The second-order valence-electron chi connectivity index (χ2n) is 25.6. The third-order valence-electron chi connectivity index (χ3n) is 16.1. The van der Waals surface area contributed by atoms with Crippen molar-refractivity contribution >= 4 is 88.7 Å². The van der Waals surface area contributed by atoms with Crippen molar-refractivity contribution < 1.29 is 81.4 Å². The Hall–Kier alpha value is -10.5. The molecule has 39 heteroatoms. The van der Waals surface area contributed by atoms with Gasteiger partial charge in [-0.2, -0.15) is 5.21 Å². The van der Waals surface area contributed by atoms with Crippen molar-refractivity contribution in [3.8, 4) is 0 Å². The molecule has 0 fully saturated rings. The van der Waals surface area contributed by atoms with Crippen LogP contribution in [0.2, 0.25) is 0 Å². The van der Waals surface area contributed by atoms with Crippen LogP contribution in [0.5, 0.6) is 0 Å². The van der Waals surface area contributed by atoms with Crippen LogP contribution in [0, 0.1) is 23.6 Å². The first-order valence-corrected chi connectivity index (χ1v) is 33.6. The molecule has 1 heterocycles. The number of amides is 14. The molecule has 0 aliphatic rings. The zero-order chi connectivity index (χ0) is 76.8. The van der Waals surface area contributed by atoms with E-state index in [4.69, 9.17) is 27.8 Å². The van der Waals surface area contributed by atoms with Crippen LogP contribution < -0.4 is 81.0 Å². The maximum atomic E-state index is 15.4. The third-order valence-corrected chi connectivity index (χ3v) is 16.1. The van der Waals surface area contributed by atoms with Crippen molar-refractivity contribution in [2.75, 3.05) is 26.2 Å². The van der Waals surface area contributed by atoms with Gasteiger partial charge in [-0.05, 0) is 114 Å². The molecule has 0 unspecified atom stereocenters. The minimum atomic E-state index is -2.18. The number of hydrogen-bond donors (Lipinski definition) is 17. The van der Waals surface area contributed by atoms with Crippen molar-refractivity contribution in [2.45, 2.75) is 219 Å². The normalized spacial score (nSPS) is 14.6. The highest BCUT2D eigenvalue weighted by Crippen LogP contribution is 2.20. The van der Waals surface area contributed by atoms with Crippen LogP contribution in [-0.4, -0.2) is 200 Å². The predicted octanol–water partition coefficient (Wildman–Crippen LogP) is -3.00. The number of rotatable bonds is 49. The van der Waals surface area contributed by atoms with Crippen LogP contribution in [0.3, 0.4) is 0 Å². The molecule has 0 radical (unpaired) electrons. The highest BCUT2D eigenvalue weighted by molar-refractivity contribution is 6.00. The molecule has 0 saturated carbocycles. The maximum Gasteiger partial charge on any atom is 0.322 e. The zero-order valence-electron chi connectivity index (χ0n) is 59.0. The lowest BCUT2D eigenvalue weighted by Gasteiger charge is -2.34. The summed E-state index contributed by atoms with van der Waals surface area (Å²) in [5.41, 5.74) is 23.2. The van der Waals surface area contributed by atoms with E-state index in [1.54, 1.807) is 13.8 Å². The largest absolute Gasteiger partial charge is 0.480 e. The molecule has 0 saturated heterocycles. The van der Waals surface area contributed by atoms with E-state index in [0.717, 1.165) is 6.07 Å².